The van der Waals surface area contributed by atoms with Crippen molar-refractivity contribution in [2.45, 2.75) is 40.0 Å². The summed E-state index contributed by atoms with van der Waals surface area (Å²) in [4.78, 5) is 0. The summed E-state index contributed by atoms with van der Waals surface area (Å²) in [6.07, 6.45) is 4.71. The summed E-state index contributed by atoms with van der Waals surface area (Å²) in [7, 11) is 0. The predicted molar refractivity (Wildman–Crippen MR) is 46.2 cm³/mol. The molecule has 0 aromatic rings. The Kier molecular flexibility index (Phi) is 0.832. The van der Waals surface area contributed by atoms with Gasteiger partial charge in [0.25, 0.3) is 0 Å². The van der Waals surface area contributed by atoms with E-state index in [4.69, 9.17) is 0 Å². The van der Waals surface area contributed by atoms with Crippen molar-refractivity contribution in [2.75, 3.05) is 0 Å². The number of hydrogen-bond acceptors (Lipinski definition) is 0. The normalized spacial score (nSPS) is 64.4. The minimum absolute atomic E-state index is 0.843. The molecule has 0 aliphatic heterocycles. The van der Waals surface area contributed by atoms with E-state index in [1.54, 1.807) is 19.3 Å². The van der Waals surface area contributed by atoms with E-state index in [1.165, 1.54) is 0 Å². The summed E-state index contributed by atoms with van der Waals surface area (Å²) in [6.45, 7) is 7.36. The van der Waals surface area contributed by atoms with Crippen LogP contribution in [0.25, 0.3) is 0 Å². The van der Waals surface area contributed by atoms with Gasteiger partial charge >= 0.3 is 0 Å². The molecule has 0 heteroatoms. The van der Waals surface area contributed by atoms with Gasteiger partial charge in [-0.1, -0.05) is 20.8 Å². The van der Waals surface area contributed by atoms with Crippen molar-refractivity contribution < 1.29 is 0 Å². The molecule has 0 saturated heterocycles. The van der Waals surface area contributed by atoms with E-state index < -0.39 is 0 Å². The lowest BCUT2D eigenvalue weighted by Crippen LogP contribution is -2.53. The van der Waals surface area contributed by atoms with Gasteiger partial charge in [0.05, 0.1) is 0 Å². The van der Waals surface area contributed by atoms with Crippen LogP contribution in [0.1, 0.15) is 40.0 Å². The fourth-order valence-electron chi connectivity index (χ4n) is 4.85. The largest absolute Gasteiger partial charge is 0.0622 e. The van der Waals surface area contributed by atoms with Gasteiger partial charge in [-0.15, -0.1) is 0 Å². The van der Waals surface area contributed by atoms with Gasteiger partial charge in [0, 0.05) is 0 Å². The monoisotopic (exact) mass is 150 g/mol. The van der Waals surface area contributed by atoms with E-state index in [0.717, 1.165) is 28.6 Å². The molecule has 4 atom stereocenters. The van der Waals surface area contributed by atoms with Gasteiger partial charge in [0.15, 0.2) is 0 Å². The summed E-state index contributed by atoms with van der Waals surface area (Å²) in [6, 6.07) is 0. The molecule has 11 heavy (non-hydrogen) atoms. The zero-order chi connectivity index (χ0) is 7.85. The van der Waals surface area contributed by atoms with Gasteiger partial charge in [-0.2, -0.15) is 0 Å². The van der Waals surface area contributed by atoms with Crippen LogP contribution in [0.4, 0.5) is 0 Å². The van der Waals surface area contributed by atoms with Crippen molar-refractivity contribution in [1.29, 1.82) is 0 Å². The highest BCUT2D eigenvalue weighted by Crippen LogP contribution is 2.92. The van der Waals surface area contributed by atoms with E-state index in [-0.39, 0.29) is 0 Å². The first-order valence-electron chi connectivity index (χ1n) is 5.15. The van der Waals surface area contributed by atoms with Crippen LogP contribution < -0.4 is 0 Å². The van der Waals surface area contributed by atoms with Gasteiger partial charge in [-0.25, -0.2) is 0 Å². The van der Waals surface area contributed by atoms with Crippen LogP contribution in [-0.2, 0) is 0 Å². The van der Waals surface area contributed by atoms with Gasteiger partial charge < -0.3 is 0 Å². The fourth-order valence-corrected chi connectivity index (χ4v) is 4.85. The highest BCUT2D eigenvalue weighted by atomic mass is 14.9. The Hall–Kier alpha value is 0. The topological polar surface area (TPSA) is 0 Å². The lowest BCUT2D eigenvalue weighted by molar-refractivity contribution is -0.114. The molecule has 0 amide bonds. The number of rotatable bonds is 1. The van der Waals surface area contributed by atoms with Crippen LogP contribution in [0, 0.1) is 28.6 Å². The molecule has 3 aliphatic rings. The summed E-state index contributed by atoms with van der Waals surface area (Å²) >= 11 is 0. The summed E-state index contributed by atoms with van der Waals surface area (Å²) in [5.41, 5.74) is 1.76. The van der Waals surface area contributed by atoms with Gasteiger partial charge in [-0.3, -0.25) is 0 Å². The molecule has 0 radical (unpaired) electrons. The molecule has 62 valence electrons. The second-order valence-corrected chi connectivity index (χ2v) is 5.46. The van der Waals surface area contributed by atoms with E-state index in [0.29, 0.717) is 0 Å². The van der Waals surface area contributed by atoms with Crippen LogP contribution in [0.2, 0.25) is 0 Å². The van der Waals surface area contributed by atoms with E-state index in [1.807, 2.05) is 0 Å². The first-order valence-corrected chi connectivity index (χ1v) is 5.15. The first-order chi connectivity index (χ1) is 5.15. The summed E-state index contributed by atoms with van der Waals surface area (Å²) in [5, 5.41) is 0. The SMILES string of the molecule is CC(C)C12CC13CCC3C2C. The molecular weight excluding hydrogens is 132 g/mol. The molecule has 4 unspecified atom stereocenters. The lowest BCUT2D eigenvalue weighted by Gasteiger charge is -2.59. The highest BCUT2D eigenvalue weighted by Gasteiger charge is 2.85. The minimum atomic E-state index is 0.843. The maximum Gasteiger partial charge on any atom is -0.0181 e. The molecule has 3 fully saturated rings. The van der Waals surface area contributed by atoms with Crippen LogP contribution in [0.3, 0.4) is 0 Å². The maximum atomic E-state index is 2.50. The molecular formula is C11H18. The quantitative estimate of drug-likeness (QED) is 0.539. The third-order valence-electron chi connectivity index (χ3n) is 5.47. The van der Waals surface area contributed by atoms with Crippen molar-refractivity contribution in [3.63, 3.8) is 0 Å². The molecule has 3 rings (SSSR count). The summed E-state index contributed by atoms with van der Waals surface area (Å²) in [5.74, 6) is 3.18. The second kappa shape index (κ2) is 1.41. The molecule has 0 N–H and O–H groups in total. The maximum absolute atomic E-state index is 2.50. The van der Waals surface area contributed by atoms with Crippen LogP contribution >= 0.6 is 0 Å². The predicted octanol–water partition coefficient (Wildman–Crippen LogP) is 3.08. The average Bonchev–Trinajstić information content (AvgIpc) is 2.54. The lowest BCUT2D eigenvalue weighted by atomic mass is 9.45. The summed E-state index contributed by atoms with van der Waals surface area (Å²) < 4.78 is 0. The first kappa shape index (κ1) is 6.51. The second-order valence-electron chi connectivity index (χ2n) is 5.46. The molecule has 0 aromatic carbocycles. The van der Waals surface area contributed by atoms with Gasteiger partial charge in [0.1, 0.15) is 0 Å². The molecule has 0 bridgehead atoms. The number of hydrogen-bond donors (Lipinski definition) is 0. The van der Waals surface area contributed by atoms with Crippen molar-refractivity contribution >= 4 is 0 Å². The third kappa shape index (κ3) is 0.381. The Labute approximate surface area is 69.4 Å². The molecule has 0 nitrogen and oxygen atoms in total. The van der Waals surface area contributed by atoms with E-state index >= 15 is 0 Å². The van der Waals surface area contributed by atoms with Gasteiger partial charge in [0.2, 0.25) is 0 Å². The van der Waals surface area contributed by atoms with Crippen LogP contribution in [0.15, 0.2) is 0 Å². The standard InChI is InChI=1S/C11H18/c1-7(2)11-6-10(11)5-4-9(10)8(11)3/h7-9H,4-6H2,1-3H3. The van der Waals surface area contributed by atoms with E-state index in [2.05, 4.69) is 20.8 Å². The molecule has 0 heterocycles. The molecule has 3 saturated carbocycles. The fraction of sp³-hybridized carbons (Fsp3) is 1.00. The van der Waals surface area contributed by atoms with Gasteiger partial charge in [-0.05, 0) is 47.8 Å². The van der Waals surface area contributed by atoms with Crippen molar-refractivity contribution in [3.05, 3.63) is 0 Å². The van der Waals surface area contributed by atoms with E-state index in [9.17, 15) is 0 Å². The Morgan fingerprint density at radius 2 is 2.09 bits per heavy atom. The van der Waals surface area contributed by atoms with Crippen molar-refractivity contribution in [3.8, 4) is 0 Å². The Morgan fingerprint density at radius 3 is 2.27 bits per heavy atom. The average molecular weight is 150 g/mol. The smallest absolute Gasteiger partial charge is 0.0181 e. The Balaban J connectivity index is 1.94. The van der Waals surface area contributed by atoms with Crippen molar-refractivity contribution in [2.24, 2.45) is 28.6 Å². The zero-order valence-electron chi connectivity index (χ0n) is 7.85. The van der Waals surface area contributed by atoms with Crippen LogP contribution in [-0.4, -0.2) is 0 Å². The zero-order valence-corrected chi connectivity index (χ0v) is 7.85. The molecule has 1 spiro atoms. The Bertz CT molecular complexity index is 218. The third-order valence-corrected chi connectivity index (χ3v) is 5.47. The van der Waals surface area contributed by atoms with Crippen LogP contribution in [0.5, 0.6) is 0 Å². The minimum Gasteiger partial charge on any atom is -0.0622 e. The molecule has 0 aromatic heterocycles. The molecule has 3 aliphatic carbocycles. The van der Waals surface area contributed by atoms with Crippen molar-refractivity contribution in [1.82, 2.24) is 0 Å². The highest BCUT2D eigenvalue weighted by molar-refractivity contribution is 5.34. The Morgan fingerprint density at radius 1 is 1.36 bits per heavy atom.